The third-order valence-corrected chi connectivity index (χ3v) is 3.97. The minimum absolute atomic E-state index is 0.160. The highest BCUT2D eigenvalue weighted by atomic mass is 16.5. The van der Waals surface area contributed by atoms with Crippen molar-refractivity contribution in [2.24, 2.45) is 0 Å². The number of likely N-dealkylation sites (N-methyl/N-ethyl adjacent to an activating group) is 1. The Morgan fingerprint density at radius 3 is 3.05 bits per heavy atom. The minimum Gasteiger partial charge on any atom is -0.483 e. The van der Waals surface area contributed by atoms with Gasteiger partial charge >= 0.3 is 0 Å². The maximum atomic E-state index is 5.78. The highest BCUT2D eigenvalue weighted by Crippen LogP contribution is 2.21. The van der Waals surface area contributed by atoms with Gasteiger partial charge in [0.05, 0.1) is 6.04 Å². The van der Waals surface area contributed by atoms with Crippen molar-refractivity contribution in [3.8, 4) is 5.75 Å². The van der Waals surface area contributed by atoms with Gasteiger partial charge in [0.1, 0.15) is 5.75 Å². The number of rotatable bonds is 4. The predicted octanol–water partition coefficient (Wildman–Crippen LogP) is 1.84. The van der Waals surface area contributed by atoms with Crippen molar-refractivity contribution in [2.45, 2.75) is 26.5 Å². The molecule has 1 atom stereocenters. The van der Waals surface area contributed by atoms with Gasteiger partial charge in [-0.2, -0.15) is 4.98 Å². The van der Waals surface area contributed by atoms with Gasteiger partial charge in [0, 0.05) is 19.6 Å². The largest absolute Gasteiger partial charge is 0.483 e. The molecule has 1 aromatic carbocycles. The molecule has 6 nitrogen and oxygen atoms in total. The summed E-state index contributed by atoms with van der Waals surface area (Å²) in [5.41, 5.74) is 2.33. The molecule has 1 unspecified atom stereocenters. The fourth-order valence-electron chi connectivity index (χ4n) is 2.66. The van der Waals surface area contributed by atoms with Crippen molar-refractivity contribution in [1.82, 2.24) is 20.4 Å². The standard InChI is InChI=1S/C16H22N4O2/c1-11-4-5-14(12(2)8-11)21-10-15-18-16(19-22-15)13-9-17-6-7-20(13)3/h4-5,8,13,17H,6-7,9-10H2,1-3H3. The molecule has 0 spiro atoms. The Bertz CT molecular complexity index is 641. The molecule has 0 aliphatic carbocycles. The topological polar surface area (TPSA) is 63.4 Å². The molecule has 2 aromatic rings. The first-order chi connectivity index (χ1) is 10.6. The molecule has 1 aliphatic heterocycles. The number of nitrogens with zero attached hydrogens (tertiary/aromatic N) is 3. The lowest BCUT2D eigenvalue weighted by Gasteiger charge is -2.30. The van der Waals surface area contributed by atoms with Crippen LogP contribution in [0.5, 0.6) is 5.75 Å². The number of hydrogen-bond acceptors (Lipinski definition) is 6. The molecule has 1 N–H and O–H groups in total. The molecule has 118 valence electrons. The molecule has 1 fully saturated rings. The number of ether oxygens (including phenoxy) is 1. The van der Waals surface area contributed by atoms with Crippen molar-refractivity contribution in [1.29, 1.82) is 0 Å². The first-order valence-electron chi connectivity index (χ1n) is 7.57. The van der Waals surface area contributed by atoms with Crippen LogP contribution in [0.2, 0.25) is 0 Å². The maximum absolute atomic E-state index is 5.78. The Morgan fingerprint density at radius 1 is 1.41 bits per heavy atom. The van der Waals surface area contributed by atoms with Gasteiger partial charge in [-0.25, -0.2) is 0 Å². The molecule has 0 saturated carbocycles. The first-order valence-corrected chi connectivity index (χ1v) is 7.57. The van der Waals surface area contributed by atoms with Crippen LogP contribution in [0.1, 0.15) is 28.9 Å². The van der Waals surface area contributed by atoms with Crippen molar-refractivity contribution in [3.05, 3.63) is 41.0 Å². The number of piperazine rings is 1. The molecule has 0 radical (unpaired) electrons. The van der Waals surface area contributed by atoms with E-state index in [0.29, 0.717) is 18.3 Å². The summed E-state index contributed by atoms with van der Waals surface area (Å²) in [5.74, 6) is 2.07. The Labute approximate surface area is 130 Å². The summed E-state index contributed by atoms with van der Waals surface area (Å²) in [7, 11) is 2.08. The molecular weight excluding hydrogens is 280 g/mol. The van der Waals surface area contributed by atoms with Crippen molar-refractivity contribution < 1.29 is 9.26 Å². The average Bonchev–Trinajstić information content (AvgIpc) is 2.95. The van der Waals surface area contributed by atoms with Gasteiger partial charge in [0.15, 0.2) is 12.4 Å². The average molecular weight is 302 g/mol. The van der Waals surface area contributed by atoms with E-state index in [0.717, 1.165) is 30.9 Å². The van der Waals surface area contributed by atoms with Crippen LogP contribution in [-0.2, 0) is 6.61 Å². The summed E-state index contributed by atoms with van der Waals surface area (Å²) >= 11 is 0. The van der Waals surface area contributed by atoms with Crippen molar-refractivity contribution >= 4 is 0 Å². The molecular formula is C16H22N4O2. The zero-order valence-electron chi connectivity index (χ0n) is 13.3. The normalized spacial score (nSPS) is 19.3. The lowest BCUT2D eigenvalue weighted by molar-refractivity contribution is 0.189. The Morgan fingerprint density at radius 2 is 2.27 bits per heavy atom. The molecule has 0 amide bonds. The SMILES string of the molecule is Cc1ccc(OCc2nc(C3CNCCN3C)no2)c(C)c1. The maximum Gasteiger partial charge on any atom is 0.264 e. The molecule has 22 heavy (non-hydrogen) atoms. The zero-order valence-corrected chi connectivity index (χ0v) is 13.3. The Kier molecular flexibility index (Phi) is 4.40. The molecule has 3 rings (SSSR count). The van der Waals surface area contributed by atoms with Gasteiger partial charge < -0.3 is 14.6 Å². The number of benzene rings is 1. The summed E-state index contributed by atoms with van der Waals surface area (Å²) in [6.07, 6.45) is 0. The van der Waals surface area contributed by atoms with Gasteiger partial charge in [-0.1, -0.05) is 22.9 Å². The lowest BCUT2D eigenvalue weighted by atomic mass is 10.1. The predicted molar refractivity (Wildman–Crippen MR) is 82.8 cm³/mol. The van der Waals surface area contributed by atoms with Crippen LogP contribution in [0.15, 0.2) is 22.7 Å². The number of hydrogen-bond donors (Lipinski definition) is 1. The second kappa shape index (κ2) is 6.46. The van der Waals surface area contributed by atoms with Crippen LogP contribution in [0, 0.1) is 13.8 Å². The number of nitrogens with one attached hydrogen (secondary N) is 1. The summed E-state index contributed by atoms with van der Waals surface area (Å²) in [5, 5.41) is 7.44. The van der Waals surface area contributed by atoms with E-state index in [1.807, 2.05) is 19.1 Å². The van der Waals surface area contributed by atoms with Crippen LogP contribution < -0.4 is 10.1 Å². The molecule has 1 aromatic heterocycles. The first kappa shape index (κ1) is 15.0. The summed E-state index contributed by atoms with van der Waals surface area (Å²) in [4.78, 5) is 6.69. The van der Waals surface area contributed by atoms with Crippen LogP contribution >= 0.6 is 0 Å². The Hall–Kier alpha value is -1.92. The lowest BCUT2D eigenvalue weighted by Crippen LogP contribution is -2.44. The van der Waals surface area contributed by atoms with Gasteiger partial charge in [0.25, 0.3) is 5.89 Å². The van der Waals surface area contributed by atoms with Gasteiger partial charge in [0.2, 0.25) is 0 Å². The number of aromatic nitrogens is 2. The van der Waals surface area contributed by atoms with Crippen LogP contribution in [0.4, 0.5) is 0 Å². The Balaban J connectivity index is 1.64. The van der Waals surface area contributed by atoms with Crippen LogP contribution in [-0.4, -0.2) is 41.7 Å². The minimum atomic E-state index is 0.160. The van der Waals surface area contributed by atoms with Gasteiger partial charge in [-0.15, -0.1) is 0 Å². The quantitative estimate of drug-likeness (QED) is 0.930. The van der Waals surface area contributed by atoms with E-state index in [2.05, 4.69) is 40.4 Å². The highest BCUT2D eigenvalue weighted by molar-refractivity contribution is 5.35. The number of aryl methyl sites for hydroxylation is 2. The van der Waals surface area contributed by atoms with E-state index >= 15 is 0 Å². The smallest absolute Gasteiger partial charge is 0.264 e. The van der Waals surface area contributed by atoms with Crippen molar-refractivity contribution in [3.63, 3.8) is 0 Å². The van der Waals surface area contributed by atoms with E-state index in [1.165, 1.54) is 5.56 Å². The van der Waals surface area contributed by atoms with E-state index in [9.17, 15) is 0 Å². The summed E-state index contributed by atoms with van der Waals surface area (Å²) < 4.78 is 11.1. The summed E-state index contributed by atoms with van der Waals surface area (Å²) in [6.45, 7) is 7.20. The fourth-order valence-corrected chi connectivity index (χ4v) is 2.66. The van der Waals surface area contributed by atoms with E-state index in [4.69, 9.17) is 9.26 Å². The second-order valence-electron chi connectivity index (χ2n) is 5.80. The second-order valence-corrected chi connectivity index (χ2v) is 5.80. The fraction of sp³-hybridized carbons (Fsp3) is 0.500. The van der Waals surface area contributed by atoms with E-state index < -0.39 is 0 Å². The van der Waals surface area contributed by atoms with Crippen LogP contribution in [0.3, 0.4) is 0 Å². The van der Waals surface area contributed by atoms with E-state index in [-0.39, 0.29) is 6.04 Å². The zero-order chi connectivity index (χ0) is 15.5. The van der Waals surface area contributed by atoms with E-state index in [1.54, 1.807) is 0 Å². The monoisotopic (exact) mass is 302 g/mol. The summed E-state index contributed by atoms with van der Waals surface area (Å²) in [6, 6.07) is 6.26. The van der Waals surface area contributed by atoms with Crippen molar-refractivity contribution in [2.75, 3.05) is 26.7 Å². The highest BCUT2D eigenvalue weighted by Gasteiger charge is 2.25. The van der Waals surface area contributed by atoms with Gasteiger partial charge in [-0.05, 0) is 32.5 Å². The van der Waals surface area contributed by atoms with Gasteiger partial charge in [-0.3, -0.25) is 4.90 Å². The van der Waals surface area contributed by atoms with Crippen LogP contribution in [0.25, 0.3) is 0 Å². The molecule has 1 aliphatic rings. The molecule has 2 heterocycles. The molecule has 6 heteroatoms. The molecule has 0 bridgehead atoms. The molecule has 1 saturated heterocycles. The third kappa shape index (κ3) is 3.28. The third-order valence-electron chi connectivity index (χ3n) is 3.97.